The first-order chi connectivity index (χ1) is 4.12. The molecule has 0 aromatic carbocycles. The van der Waals surface area contributed by atoms with Gasteiger partial charge >= 0.3 is 0 Å². The van der Waals surface area contributed by atoms with E-state index in [1.165, 1.54) is 6.08 Å². The minimum atomic E-state index is 0.0981. The fourth-order valence-electron chi connectivity index (χ4n) is 0.339. The maximum Gasteiger partial charge on any atom is 0.142 e. The van der Waals surface area contributed by atoms with Crippen LogP contribution in [0.2, 0.25) is 0 Å². The fraction of sp³-hybridized carbons (Fsp3) is 0.571. The third kappa shape index (κ3) is 4.28. The number of rotatable bonds is 3. The van der Waals surface area contributed by atoms with E-state index >= 15 is 0 Å². The van der Waals surface area contributed by atoms with Gasteiger partial charge in [0.15, 0.2) is 0 Å². The van der Waals surface area contributed by atoms with Crippen LogP contribution in [0.3, 0.4) is 0 Å². The Bertz CT molecular complexity index is 116. The molecule has 52 valence electrons. The zero-order valence-electron chi connectivity index (χ0n) is 6.05. The van der Waals surface area contributed by atoms with Crippen LogP contribution in [0.4, 0.5) is 0 Å². The first-order valence-electron chi connectivity index (χ1n) is 2.80. The van der Waals surface area contributed by atoms with E-state index in [-0.39, 0.29) is 4.75 Å². The van der Waals surface area contributed by atoms with E-state index in [1.54, 1.807) is 11.8 Å². The standard InChI is InChI=1S/C7H12OS/c1-7(2,9-3)5-4-6-8/h4-6H,1-3H3/b5-4-. The maximum absolute atomic E-state index is 9.87. The number of aldehydes is 1. The fourth-order valence-corrected chi connectivity index (χ4v) is 0.554. The van der Waals surface area contributed by atoms with Crippen LogP contribution in [-0.4, -0.2) is 17.3 Å². The lowest BCUT2D eigenvalue weighted by Gasteiger charge is -2.14. The molecule has 9 heavy (non-hydrogen) atoms. The van der Waals surface area contributed by atoms with Gasteiger partial charge in [-0.2, -0.15) is 11.8 Å². The van der Waals surface area contributed by atoms with E-state index in [0.717, 1.165) is 6.29 Å². The Hall–Kier alpha value is -0.240. The van der Waals surface area contributed by atoms with Gasteiger partial charge in [-0.25, -0.2) is 0 Å². The first-order valence-corrected chi connectivity index (χ1v) is 4.03. The summed E-state index contributed by atoms with van der Waals surface area (Å²) in [7, 11) is 0. The summed E-state index contributed by atoms with van der Waals surface area (Å²) in [5, 5.41) is 0. The maximum atomic E-state index is 9.87. The minimum Gasteiger partial charge on any atom is -0.299 e. The summed E-state index contributed by atoms with van der Waals surface area (Å²) >= 11 is 1.72. The van der Waals surface area contributed by atoms with Gasteiger partial charge in [0, 0.05) is 4.75 Å². The molecule has 0 fully saturated rings. The lowest BCUT2D eigenvalue weighted by atomic mass is 10.2. The molecule has 2 heteroatoms. The molecule has 0 radical (unpaired) electrons. The second-order valence-electron chi connectivity index (χ2n) is 2.30. The van der Waals surface area contributed by atoms with Gasteiger partial charge in [0.25, 0.3) is 0 Å². The van der Waals surface area contributed by atoms with Crippen molar-refractivity contribution >= 4 is 18.0 Å². The van der Waals surface area contributed by atoms with Crippen molar-refractivity contribution in [2.45, 2.75) is 18.6 Å². The second kappa shape index (κ2) is 3.72. The summed E-state index contributed by atoms with van der Waals surface area (Å²) in [5.41, 5.74) is 0. The normalized spacial score (nSPS) is 12.3. The zero-order valence-corrected chi connectivity index (χ0v) is 6.87. The van der Waals surface area contributed by atoms with Crippen LogP contribution in [0, 0.1) is 0 Å². The Morgan fingerprint density at radius 3 is 2.33 bits per heavy atom. The van der Waals surface area contributed by atoms with Crippen LogP contribution in [0.25, 0.3) is 0 Å². The van der Waals surface area contributed by atoms with Gasteiger partial charge in [-0.05, 0) is 26.2 Å². The highest BCUT2D eigenvalue weighted by Crippen LogP contribution is 2.21. The molecule has 0 aliphatic heterocycles. The first kappa shape index (κ1) is 8.76. The predicted molar refractivity (Wildman–Crippen MR) is 42.8 cm³/mol. The molecular weight excluding hydrogens is 132 g/mol. The molecule has 0 aliphatic carbocycles. The number of allylic oxidation sites excluding steroid dienone is 1. The topological polar surface area (TPSA) is 17.1 Å². The Kier molecular flexibility index (Phi) is 3.62. The number of carbonyl (C=O) groups excluding carboxylic acids is 1. The van der Waals surface area contributed by atoms with Gasteiger partial charge in [-0.1, -0.05) is 6.08 Å². The molecule has 0 aromatic heterocycles. The third-order valence-electron chi connectivity index (χ3n) is 1.10. The number of carbonyl (C=O) groups is 1. The highest BCUT2D eigenvalue weighted by Gasteiger charge is 2.09. The molecule has 0 heterocycles. The lowest BCUT2D eigenvalue weighted by molar-refractivity contribution is -0.104. The zero-order chi connectivity index (χ0) is 7.33. The molecule has 0 atom stereocenters. The smallest absolute Gasteiger partial charge is 0.142 e. The molecule has 0 unspecified atom stereocenters. The summed E-state index contributed by atoms with van der Waals surface area (Å²) in [6.07, 6.45) is 6.26. The molecular formula is C7H12OS. The highest BCUT2D eigenvalue weighted by atomic mass is 32.2. The molecule has 0 aromatic rings. The van der Waals surface area contributed by atoms with Crippen molar-refractivity contribution in [1.82, 2.24) is 0 Å². The molecule has 0 spiro atoms. The van der Waals surface area contributed by atoms with Gasteiger partial charge in [0.2, 0.25) is 0 Å². The second-order valence-corrected chi connectivity index (χ2v) is 3.76. The quantitative estimate of drug-likeness (QED) is 0.444. The lowest BCUT2D eigenvalue weighted by Crippen LogP contribution is -2.08. The average Bonchev–Trinajstić information content (AvgIpc) is 1.84. The molecule has 0 saturated carbocycles. The largest absolute Gasteiger partial charge is 0.299 e. The van der Waals surface area contributed by atoms with E-state index in [9.17, 15) is 4.79 Å². The van der Waals surface area contributed by atoms with Crippen molar-refractivity contribution in [3.8, 4) is 0 Å². The van der Waals surface area contributed by atoms with E-state index < -0.39 is 0 Å². The Morgan fingerprint density at radius 1 is 1.44 bits per heavy atom. The van der Waals surface area contributed by atoms with Crippen molar-refractivity contribution in [2.24, 2.45) is 0 Å². The monoisotopic (exact) mass is 144 g/mol. The van der Waals surface area contributed by atoms with Crippen LogP contribution < -0.4 is 0 Å². The van der Waals surface area contributed by atoms with Crippen LogP contribution in [0.1, 0.15) is 13.8 Å². The number of hydrogen-bond donors (Lipinski definition) is 0. The van der Waals surface area contributed by atoms with Crippen LogP contribution >= 0.6 is 11.8 Å². The molecule has 0 aliphatic rings. The van der Waals surface area contributed by atoms with E-state index in [2.05, 4.69) is 13.8 Å². The summed E-state index contributed by atoms with van der Waals surface area (Å²) in [4.78, 5) is 9.87. The van der Waals surface area contributed by atoms with E-state index in [0.29, 0.717) is 0 Å². The van der Waals surface area contributed by atoms with Crippen molar-refractivity contribution in [3.63, 3.8) is 0 Å². The van der Waals surface area contributed by atoms with Crippen molar-refractivity contribution in [3.05, 3.63) is 12.2 Å². The van der Waals surface area contributed by atoms with Gasteiger partial charge < -0.3 is 0 Å². The highest BCUT2D eigenvalue weighted by molar-refractivity contribution is 8.00. The summed E-state index contributed by atoms with van der Waals surface area (Å²) in [6.45, 7) is 4.13. The van der Waals surface area contributed by atoms with Crippen LogP contribution in [0.5, 0.6) is 0 Å². The van der Waals surface area contributed by atoms with Crippen molar-refractivity contribution in [1.29, 1.82) is 0 Å². The summed E-state index contributed by atoms with van der Waals surface area (Å²) in [5.74, 6) is 0. The van der Waals surface area contributed by atoms with Crippen LogP contribution in [0.15, 0.2) is 12.2 Å². The average molecular weight is 144 g/mol. The van der Waals surface area contributed by atoms with Gasteiger partial charge in [-0.3, -0.25) is 4.79 Å². The van der Waals surface area contributed by atoms with Gasteiger partial charge in [0.05, 0.1) is 0 Å². The molecule has 0 rings (SSSR count). The SMILES string of the molecule is CSC(C)(C)/C=C\C=O. The number of hydrogen-bond acceptors (Lipinski definition) is 2. The Labute approximate surface area is 60.5 Å². The summed E-state index contributed by atoms with van der Waals surface area (Å²) < 4.78 is 0.0981. The third-order valence-corrected chi connectivity index (χ3v) is 2.29. The summed E-state index contributed by atoms with van der Waals surface area (Å²) in [6, 6.07) is 0. The molecule has 0 saturated heterocycles. The predicted octanol–water partition coefficient (Wildman–Crippen LogP) is 1.88. The van der Waals surface area contributed by atoms with Gasteiger partial charge in [-0.15, -0.1) is 0 Å². The van der Waals surface area contributed by atoms with Gasteiger partial charge in [0.1, 0.15) is 6.29 Å². The van der Waals surface area contributed by atoms with Crippen molar-refractivity contribution < 1.29 is 4.79 Å². The molecule has 0 bridgehead atoms. The Morgan fingerprint density at radius 2 is 2.00 bits per heavy atom. The molecule has 0 amide bonds. The minimum absolute atomic E-state index is 0.0981. The van der Waals surface area contributed by atoms with Crippen molar-refractivity contribution in [2.75, 3.05) is 6.26 Å². The van der Waals surface area contributed by atoms with Crippen LogP contribution in [-0.2, 0) is 4.79 Å². The molecule has 0 N–H and O–H groups in total. The Balaban J connectivity index is 3.84. The number of thioether (sulfide) groups is 1. The van der Waals surface area contributed by atoms with E-state index in [4.69, 9.17) is 0 Å². The van der Waals surface area contributed by atoms with E-state index in [1.807, 2.05) is 12.3 Å². The molecule has 1 nitrogen and oxygen atoms in total.